The number of fused-ring (bicyclic) bond motifs is 1. The van der Waals surface area contributed by atoms with Crippen molar-refractivity contribution in [1.29, 1.82) is 0 Å². The summed E-state index contributed by atoms with van der Waals surface area (Å²) in [7, 11) is 0. The molecule has 0 fully saturated rings. The zero-order chi connectivity index (χ0) is 26.2. The molecule has 188 valence electrons. The van der Waals surface area contributed by atoms with E-state index in [9.17, 15) is 18.0 Å². The Morgan fingerprint density at radius 3 is 2.38 bits per heavy atom. The van der Waals surface area contributed by atoms with Crippen LogP contribution in [-0.4, -0.2) is 30.7 Å². The SMILES string of the molecule is CCNc1nc(C(F)(F)F)ccc1Cn1nc2c(-c3ccncc3)c(-c3ccc(Cl)cc3)ccn2c1=O. The summed E-state index contributed by atoms with van der Waals surface area (Å²) in [5, 5.41) is 8.05. The maximum absolute atomic E-state index is 13.3. The lowest BCUT2D eigenvalue weighted by atomic mass is 9.96. The maximum Gasteiger partial charge on any atom is 0.433 e. The number of rotatable bonds is 6. The van der Waals surface area contributed by atoms with Gasteiger partial charge in [-0.1, -0.05) is 29.8 Å². The van der Waals surface area contributed by atoms with Crippen molar-refractivity contribution in [1.82, 2.24) is 24.1 Å². The van der Waals surface area contributed by atoms with Gasteiger partial charge in [0.1, 0.15) is 11.5 Å². The number of pyridine rings is 3. The van der Waals surface area contributed by atoms with Gasteiger partial charge in [0.2, 0.25) is 0 Å². The molecule has 7 nitrogen and oxygen atoms in total. The van der Waals surface area contributed by atoms with E-state index in [2.05, 4.69) is 20.4 Å². The summed E-state index contributed by atoms with van der Waals surface area (Å²) in [6.45, 7) is 2.04. The van der Waals surface area contributed by atoms with Crippen molar-refractivity contribution in [2.24, 2.45) is 0 Å². The molecule has 0 aliphatic carbocycles. The molecule has 5 rings (SSSR count). The molecular formula is C26H20ClF3N6O. The zero-order valence-electron chi connectivity index (χ0n) is 19.5. The fourth-order valence-corrected chi connectivity index (χ4v) is 4.24. The molecule has 0 aliphatic rings. The Balaban J connectivity index is 1.67. The van der Waals surface area contributed by atoms with Crippen molar-refractivity contribution in [3.8, 4) is 22.3 Å². The second-order valence-corrected chi connectivity index (χ2v) is 8.65. The second-order valence-electron chi connectivity index (χ2n) is 8.21. The summed E-state index contributed by atoms with van der Waals surface area (Å²) in [5.74, 6) is 0.0532. The molecule has 0 amide bonds. The van der Waals surface area contributed by atoms with Gasteiger partial charge in [-0.25, -0.2) is 18.9 Å². The van der Waals surface area contributed by atoms with Gasteiger partial charge in [-0.05, 0) is 60.0 Å². The van der Waals surface area contributed by atoms with Crippen LogP contribution in [0, 0.1) is 0 Å². The van der Waals surface area contributed by atoms with Gasteiger partial charge in [-0.3, -0.25) is 4.98 Å². The van der Waals surface area contributed by atoms with Crippen LogP contribution in [0.2, 0.25) is 5.02 Å². The van der Waals surface area contributed by atoms with Crippen LogP contribution in [0.3, 0.4) is 0 Å². The lowest BCUT2D eigenvalue weighted by molar-refractivity contribution is -0.141. The molecule has 0 radical (unpaired) electrons. The van der Waals surface area contributed by atoms with E-state index in [1.807, 2.05) is 30.3 Å². The third-order valence-electron chi connectivity index (χ3n) is 5.81. The Labute approximate surface area is 214 Å². The maximum atomic E-state index is 13.3. The molecule has 37 heavy (non-hydrogen) atoms. The fourth-order valence-electron chi connectivity index (χ4n) is 4.11. The van der Waals surface area contributed by atoms with E-state index in [1.165, 1.54) is 15.1 Å². The van der Waals surface area contributed by atoms with E-state index in [0.29, 0.717) is 28.3 Å². The van der Waals surface area contributed by atoms with Crippen LogP contribution in [0.5, 0.6) is 0 Å². The zero-order valence-corrected chi connectivity index (χ0v) is 20.3. The number of anilines is 1. The summed E-state index contributed by atoms with van der Waals surface area (Å²) < 4.78 is 42.2. The number of hydrogen-bond donors (Lipinski definition) is 1. The molecule has 0 spiro atoms. The highest BCUT2D eigenvalue weighted by atomic mass is 35.5. The number of alkyl halides is 3. The highest BCUT2D eigenvalue weighted by Crippen LogP contribution is 2.35. The van der Waals surface area contributed by atoms with Crippen LogP contribution >= 0.6 is 11.6 Å². The Morgan fingerprint density at radius 1 is 0.973 bits per heavy atom. The average molecular weight is 525 g/mol. The summed E-state index contributed by atoms with van der Waals surface area (Å²) in [6.07, 6.45) is 0.346. The van der Waals surface area contributed by atoms with Gasteiger partial charge in [0.05, 0.1) is 6.54 Å². The van der Waals surface area contributed by atoms with Gasteiger partial charge in [0.15, 0.2) is 5.65 Å². The number of benzene rings is 1. The van der Waals surface area contributed by atoms with E-state index in [1.54, 1.807) is 37.6 Å². The second kappa shape index (κ2) is 9.70. The van der Waals surface area contributed by atoms with E-state index < -0.39 is 17.6 Å². The molecular weight excluding hydrogens is 505 g/mol. The summed E-state index contributed by atoms with van der Waals surface area (Å²) in [4.78, 5) is 21.1. The predicted molar refractivity (Wildman–Crippen MR) is 136 cm³/mol. The van der Waals surface area contributed by atoms with Gasteiger partial charge in [0, 0.05) is 41.3 Å². The minimum absolute atomic E-state index is 0.0532. The summed E-state index contributed by atoms with van der Waals surface area (Å²) in [6, 6.07) is 15.0. The van der Waals surface area contributed by atoms with E-state index >= 15 is 0 Å². The standard InChI is InChI=1S/C26H20ClF3N6O/c1-2-32-23-18(5-8-21(33-23)26(28,29)30)15-36-25(37)35-14-11-20(16-3-6-19(27)7-4-16)22(24(35)34-36)17-9-12-31-13-10-17/h3-14H,2,15H2,1H3,(H,32,33). The van der Waals surface area contributed by atoms with Gasteiger partial charge < -0.3 is 5.32 Å². The number of nitrogens with one attached hydrogen (secondary N) is 1. The first-order chi connectivity index (χ1) is 17.8. The van der Waals surface area contributed by atoms with Crippen molar-refractivity contribution >= 4 is 23.1 Å². The summed E-state index contributed by atoms with van der Waals surface area (Å²) >= 11 is 6.08. The third kappa shape index (κ3) is 4.79. The van der Waals surface area contributed by atoms with Gasteiger partial charge in [-0.2, -0.15) is 13.2 Å². The van der Waals surface area contributed by atoms with Crippen molar-refractivity contribution in [2.45, 2.75) is 19.6 Å². The van der Waals surface area contributed by atoms with Crippen LogP contribution in [0.4, 0.5) is 19.0 Å². The molecule has 0 saturated heterocycles. The number of aromatic nitrogens is 5. The minimum atomic E-state index is -4.58. The number of hydrogen-bond acceptors (Lipinski definition) is 5. The molecule has 11 heteroatoms. The first-order valence-electron chi connectivity index (χ1n) is 11.4. The lowest BCUT2D eigenvalue weighted by Gasteiger charge is -2.13. The van der Waals surface area contributed by atoms with Crippen molar-refractivity contribution in [3.05, 3.63) is 100.0 Å². The Hall–Kier alpha value is -4.18. The number of halogens is 4. The van der Waals surface area contributed by atoms with Crippen molar-refractivity contribution < 1.29 is 13.2 Å². The summed E-state index contributed by atoms with van der Waals surface area (Å²) in [5.41, 5.74) is 2.57. The van der Waals surface area contributed by atoms with Crippen LogP contribution in [-0.2, 0) is 12.7 Å². The predicted octanol–water partition coefficient (Wildman–Crippen LogP) is 5.77. The Kier molecular flexibility index (Phi) is 6.43. The van der Waals surface area contributed by atoms with Crippen molar-refractivity contribution in [2.75, 3.05) is 11.9 Å². The molecule has 0 atom stereocenters. The quantitative estimate of drug-likeness (QED) is 0.305. The lowest BCUT2D eigenvalue weighted by Crippen LogP contribution is -2.22. The van der Waals surface area contributed by atoms with Crippen LogP contribution in [0.25, 0.3) is 27.9 Å². The fraction of sp³-hybridized carbons (Fsp3) is 0.154. The van der Waals surface area contributed by atoms with Gasteiger partial charge in [0.25, 0.3) is 0 Å². The average Bonchev–Trinajstić information content (AvgIpc) is 3.20. The molecule has 1 N–H and O–H groups in total. The highest BCUT2D eigenvalue weighted by Gasteiger charge is 2.33. The van der Waals surface area contributed by atoms with E-state index in [-0.39, 0.29) is 12.4 Å². The van der Waals surface area contributed by atoms with E-state index in [4.69, 9.17) is 11.6 Å². The van der Waals surface area contributed by atoms with Gasteiger partial charge in [-0.15, -0.1) is 5.10 Å². The largest absolute Gasteiger partial charge is 0.433 e. The number of nitrogens with zero attached hydrogens (tertiary/aromatic N) is 5. The molecule has 4 aromatic heterocycles. The molecule has 4 heterocycles. The monoisotopic (exact) mass is 524 g/mol. The molecule has 0 saturated carbocycles. The minimum Gasteiger partial charge on any atom is -0.370 e. The van der Waals surface area contributed by atoms with Crippen LogP contribution in [0.15, 0.2) is 78.0 Å². The van der Waals surface area contributed by atoms with E-state index in [0.717, 1.165) is 22.8 Å². The Bertz CT molecular complexity index is 1630. The van der Waals surface area contributed by atoms with Crippen LogP contribution < -0.4 is 11.0 Å². The highest BCUT2D eigenvalue weighted by molar-refractivity contribution is 6.30. The van der Waals surface area contributed by atoms with Gasteiger partial charge >= 0.3 is 11.9 Å². The molecule has 5 aromatic rings. The molecule has 1 aromatic carbocycles. The normalized spacial score (nSPS) is 11.7. The first kappa shape index (κ1) is 24.5. The Morgan fingerprint density at radius 2 is 1.70 bits per heavy atom. The topological polar surface area (TPSA) is 77.1 Å². The van der Waals surface area contributed by atoms with Crippen LogP contribution in [0.1, 0.15) is 18.2 Å². The molecule has 0 aliphatic heterocycles. The smallest absolute Gasteiger partial charge is 0.370 e. The first-order valence-corrected chi connectivity index (χ1v) is 11.7. The molecule has 0 unspecified atom stereocenters. The third-order valence-corrected chi connectivity index (χ3v) is 6.06. The molecule has 0 bridgehead atoms. The van der Waals surface area contributed by atoms with Crippen molar-refractivity contribution in [3.63, 3.8) is 0 Å².